The third kappa shape index (κ3) is 5.88. The lowest BCUT2D eigenvalue weighted by molar-refractivity contribution is -0.153. The van der Waals surface area contributed by atoms with Crippen molar-refractivity contribution in [3.8, 4) is 0 Å². The van der Waals surface area contributed by atoms with Gasteiger partial charge in [-0.25, -0.2) is 4.39 Å². The number of benzene rings is 2. The number of carbonyl (C=O) groups is 3. The molecular weight excluding hydrogens is 648 g/mol. The first-order valence-electron chi connectivity index (χ1n) is 15.5. The third-order valence-electron chi connectivity index (χ3n) is 9.43. The molecule has 246 valence electrons. The molecule has 7 rings (SSSR count). The van der Waals surface area contributed by atoms with Crippen LogP contribution in [-0.4, -0.2) is 72.2 Å². The molecule has 3 fully saturated rings. The van der Waals surface area contributed by atoms with E-state index in [0.29, 0.717) is 54.1 Å². The Hall–Kier alpha value is -3.97. The molecule has 15 heteroatoms. The summed E-state index contributed by atoms with van der Waals surface area (Å²) >= 11 is 1.13. The monoisotopic (exact) mass is 681 g/mol. The minimum Gasteiger partial charge on any atom is -0.423 e. The molecule has 4 aromatic rings. The van der Waals surface area contributed by atoms with Crippen molar-refractivity contribution in [3.63, 3.8) is 0 Å². The quantitative estimate of drug-likeness (QED) is 0.234. The van der Waals surface area contributed by atoms with Gasteiger partial charge in [0.25, 0.3) is 5.91 Å². The van der Waals surface area contributed by atoms with Crippen LogP contribution in [0, 0.1) is 6.92 Å². The van der Waals surface area contributed by atoms with Crippen LogP contribution in [-0.2, 0) is 14.2 Å². The maximum Gasteiger partial charge on any atom is 0.363 e. The summed E-state index contributed by atoms with van der Waals surface area (Å²) in [7, 11) is -4.99. The number of likely N-dealkylation sites (tertiary alicyclic amines) is 1. The Morgan fingerprint density at radius 1 is 1.09 bits per heavy atom. The van der Waals surface area contributed by atoms with Crippen LogP contribution in [0.4, 0.5) is 4.39 Å². The van der Waals surface area contributed by atoms with Gasteiger partial charge in [0, 0.05) is 30.1 Å². The van der Waals surface area contributed by atoms with Gasteiger partial charge in [0.2, 0.25) is 29.5 Å². The molecular formula is C32H33FN5O7PS. The number of rotatable bonds is 7. The summed E-state index contributed by atoms with van der Waals surface area (Å²) < 4.78 is 32.1. The van der Waals surface area contributed by atoms with Crippen molar-refractivity contribution in [2.45, 2.75) is 75.0 Å². The first kappa shape index (κ1) is 31.6. The van der Waals surface area contributed by atoms with E-state index in [1.807, 2.05) is 30.3 Å². The normalized spacial score (nSPS) is 25.3. The fraction of sp³-hybridized carbons (Fsp3) is 0.406. The zero-order valence-corrected chi connectivity index (χ0v) is 27.1. The molecule has 0 bridgehead atoms. The molecule has 0 aliphatic carbocycles. The van der Waals surface area contributed by atoms with Gasteiger partial charge < -0.3 is 29.3 Å². The van der Waals surface area contributed by atoms with E-state index in [0.717, 1.165) is 23.3 Å². The van der Waals surface area contributed by atoms with Crippen LogP contribution in [0.25, 0.3) is 10.1 Å². The number of fused-ring (bicyclic) bond motifs is 2. The fourth-order valence-corrected chi connectivity index (χ4v) is 8.63. The van der Waals surface area contributed by atoms with E-state index in [9.17, 15) is 33.1 Å². The van der Waals surface area contributed by atoms with Crippen LogP contribution in [0.5, 0.6) is 0 Å². The first-order chi connectivity index (χ1) is 22.5. The summed E-state index contributed by atoms with van der Waals surface area (Å²) in [5.74, 6) is -2.71. The highest BCUT2D eigenvalue weighted by Gasteiger charge is 2.52. The molecule has 3 aliphatic rings. The van der Waals surface area contributed by atoms with E-state index in [1.54, 1.807) is 16.7 Å². The number of hydrogen-bond donors (Lipinski definition) is 3. The van der Waals surface area contributed by atoms with Crippen molar-refractivity contribution in [3.05, 3.63) is 82.4 Å². The SMILES string of the molecule is Cc1nnc([C@@H]2C(c3ccccc3)CN2C(=O)[C@@H]2CC[C@@H]3CCC[C@H](NC(=O)c4cc5cc(C(F)P(=O)(O)O)ccc5s4)C(=O)N32)o1. The number of halogens is 1. The summed E-state index contributed by atoms with van der Waals surface area (Å²) in [6.45, 7) is 2.15. The number of hydrogen-bond acceptors (Lipinski definition) is 8. The second-order valence-electron chi connectivity index (χ2n) is 12.4. The summed E-state index contributed by atoms with van der Waals surface area (Å²) in [5, 5.41) is 11.6. The molecule has 3 amide bonds. The number of nitrogens with zero attached hydrogens (tertiary/aromatic N) is 4. The molecule has 6 atom stereocenters. The van der Waals surface area contributed by atoms with Gasteiger partial charge in [0.15, 0.2) is 0 Å². The van der Waals surface area contributed by atoms with E-state index in [1.165, 1.54) is 24.3 Å². The van der Waals surface area contributed by atoms with Crippen LogP contribution < -0.4 is 5.32 Å². The highest BCUT2D eigenvalue weighted by Crippen LogP contribution is 2.53. The molecule has 12 nitrogen and oxygen atoms in total. The second-order valence-corrected chi connectivity index (χ2v) is 15.1. The molecule has 2 unspecified atom stereocenters. The Bertz CT molecular complexity index is 1900. The number of aryl methyl sites for hydroxylation is 1. The Labute approximate surface area is 273 Å². The molecule has 2 aromatic heterocycles. The van der Waals surface area contributed by atoms with Gasteiger partial charge in [0.05, 0.1) is 4.88 Å². The number of thiophene rings is 1. The Morgan fingerprint density at radius 3 is 2.60 bits per heavy atom. The molecule has 0 radical (unpaired) electrons. The molecule has 5 heterocycles. The summed E-state index contributed by atoms with van der Waals surface area (Å²) in [5.41, 5.74) is 0.873. The molecule has 3 N–H and O–H groups in total. The van der Waals surface area contributed by atoms with Crippen molar-refractivity contribution in [2.75, 3.05) is 6.54 Å². The maximum atomic E-state index is 14.3. The van der Waals surface area contributed by atoms with E-state index in [-0.39, 0.29) is 34.2 Å². The molecule has 2 aromatic carbocycles. The number of carbonyl (C=O) groups excluding carboxylic acids is 3. The van der Waals surface area contributed by atoms with Crippen LogP contribution in [0.15, 0.2) is 59.0 Å². The highest BCUT2D eigenvalue weighted by atomic mass is 32.1. The van der Waals surface area contributed by atoms with Gasteiger partial charge in [0.1, 0.15) is 18.1 Å². The van der Waals surface area contributed by atoms with Crippen molar-refractivity contribution in [1.82, 2.24) is 25.3 Å². The standard InChI is InChI=1S/C32H33FN5O7PS/c1-17-35-36-30(45-17)27-22(18-6-3-2-4-7-18)16-37(27)32(41)24-12-11-21-8-5-9-23(31(40)38(21)24)34-29(39)26-15-20-14-19(10-13-25(20)47-26)28(33)46(42,43)44/h2-4,6-7,10,13-15,21-24,27-28H,5,8-9,11-12,16H2,1H3,(H,34,39)(H2,42,43,44)/t21-,22?,23-,24-,27-,28?/m0/s1. The first-order valence-corrected chi connectivity index (χ1v) is 18.0. The van der Waals surface area contributed by atoms with E-state index < -0.39 is 37.5 Å². The van der Waals surface area contributed by atoms with Crippen molar-refractivity contribution < 1.29 is 37.5 Å². The summed E-state index contributed by atoms with van der Waals surface area (Å²) in [6, 6.07) is 13.4. The van der Waals surface area contributed by atoms with Gasteiger partial charge in [-0.1, -0.05) is 36.4 Å². The Balaban J connectivity index is 1.09. The number of nitrogens with one attached hydrogen (secondary N) is 1. The van der Waals surface area contributed by atoms with Crippen molar-refractivity contribution >= 4 is 46.7 Å². The average molecular weight is 682 g/mol. The topological polar surface area (TPSA) is 166 Å². The minimum atomic E-state index is -4.99. The highest BCUT2D eigenvalue weighted by molar-refractivity contribution is 7.51. The minimum absolute atomic E-state index is 0.0333. The van der Waals surface area contributed by atoms with E-state index >= 15 is 0 Å². The lowest BCUT2D eigenvalue weighted by Crippen LogP contribution is -2.59. The molecule has 0 saturated carbocycles. The zero-order chi connectivity index (χ0) is 33.0. The van der Waals surface area contributed by atoms with E-state index in [2.05, 4.69) is 15.5 Å². The van der Waals surface area contributed by atoms with Crippen LogP contribution >= 0.6 is 18.9 Å². The molecule has 0 spiro atoms. The van der Waals surface area contributed by atoms with Gasteiger partial charge in [-0.2, -0.15) is 0 Å². The Kier molecular flexibility index (Phi) is 8.23. The maximum absolute atomic E-state index is 14.3. The predicted molar refractivity (Wildman–Crippen MR) is 169 cm³/mol. The number of alkyl halides is 1. The van der Waals surface area contributed by atoms with Gasteiger partial charge in [-0.15, -0.1) is 21.5 Å². The lowest BCUT2D eigenvalue weighted by Gasteiger charge is -2.48. The van der Waals surface area contributed by atoms with Crippen LogP contribution in [0.1, 0.15) is 82.6 Å². The van der Waals surface area contributed by atoms with Crippen molar-refractivity contribution in [2.24, 2.45) is 0 Å². The Morgan fingerprint density at radius 2 is 1.87 bits per heavy atom. The van der Waals surface area contributed by atoms with E-state index in [4.69, 9.17) is 4.42 Å². The molecule has 47 heavy (non-hydrogen) atoms. The molecule has 3 saturated heterocycles. The number of amides is 3. The van der Waals surface area contributed by atoms with Gasteiger partial charge in [-0.05, 0) is 66.8 Å². The second kappa shape index (κ2) is 12.2. The van der Waals surface area contributed by atoms with Crippen LogP contribution in [0.2, 0.25) is 0 Å². The molecule has 3 aliphatic heterocycles. The summed E-state index contributed by atoms with van der Waals surface area (Å²) in [4.78, 5) is 63.8. The largest absolute Gasteiger partial charge is 0.423 e. The lowest BCUT2D eigenvalue weighted by atomic mass is 9.81. The van der Waals surface area contributed by atoms with Crippen LogP contribution in [0.3, 0.4) is 0 Å². The average Bonchev–Trinajstić information content (AvgIpc) is 3.75. The van der Waals surface area contributed by atoms with Gasteiger partial charge in [-0.3, -0.25) is 18.9 Å². The smallest absolute Gasteiger partial charge is 0.363 e. The van der Waals surface area contributed by atoms with Gasteiger partial charge >= 0.3 is 7.60 Å². The zero-order valence-electron chi connectivity index (χ0n) is 25.4. The summed E-state index contributed by atoms with van der Waals surface area (Å²) in [6.07, 6.45) is 3.03. The predicted octanol–water partition coefficient (Wildman–Crippen LogP) is 4.75. The van der Waals surface area contributed by atoms with Crippen molar-refractivity contribution in [1.29, 1.82) is 0 Å². The fourth-order valence-electron chi connectivity index (χ4n) is 7.13. The third-order valence-corrected chi connectivity index (χ3v) is 11.4. The number of aromatic nitrogens is 2.